The molecule has 0 unspecified atom stereocenters. The van der Waals surface area contributed by atoms with Crippen molar-refractivity contribution >= 4 is 22.9 Å². The number of methoxy groups -OCH3 is 2. The predicted molar refractivity (Wildman–Crippen MR) is 153 cm³/mol. The van der Waals surface area contributed by atoms with Crippen LogP contribution in [0.1, 0.15) is 41.7 Å². The van der Waals surface area contributed by atoms with Crippen LogP contribution in [0.15, 0.2) is 48.8 Å². The second-order valence-corrected chi connectivity index (χ2v) is 10.3. The zero-order valence-electron chi connectivity index (χ0n) is 23.5. The van der Waals surface area contributed by atoms with Crippen molar-refractivity contribution in [2.24, 2.45) is 0 Å². The van der Waals surface area contributed by atoms with Crippen LogP contribution in [0.5, 0.6) is 17.2 Å². The van der Waals surface area contributed by atoms with E-state index < -0.39 is 0 Å². The number of ether oxygens (including phenoxy) is 3. The lowest BCUT2D eigenvalue weighted by atomic mass is 9.95. The Bertz CT molecular complexity index is 1500. The number of amides is 1. The lowest BCUT2D eigenvalue weighted by Gasteiger charge is -2.27. The highest BCUT2D eigenvalue weighted by molar-refractivity contribution is 6.00. The second-order valence-electron chi connectivity index (χ2n) is 10.3. The minimum Gasteiger partial charge on any atom is -0.496 e. The summed E-state index contributed by atoms with van der Waals surface area (Å²) in [4.78, 5) is 18.7. The quantitative estimate of drug-likeness (QED) is 0.323. The molecular weight excluding hydrogens is 510 g/mol. The van der Waals surface area contributed by atoms with Crippen LogP contribution in [0.4, 0.5) is 11.5 Å². The number of aryl methyl sites for hydroxylation is 1. The Balaban J connectivity index is 1.43. The van der Waals surface area contributed by atoms with Crippen molar-refractivity contribution in [1.82, 2.24) is 19.5 Å². The molecule has 0 radical (unpaired) electrons. The summed E-state index contributed by atoms with van der Waals surface area (Å²) in [6, 6.07) is 11.5. The van der Waals surface area contributed by atoms with Crippen molar-refractivity contribution in [3.8, 4) is 28.4 Å². The van der Waals surface area contributed by atoms with Gasteiger partial charge in [-0.05, 0) is 56.4 Å². The zero-order valence-corrected chi connectivity index (χ0v) is 23.5. The third-order valence-electron chi connectivity index (χ3n) is 7.11. The summed E-state index contributed by atoms with van der Waals surface area (Å²) in [6.45, 7) is 1.96. The number of benzene rings is 1. The number of fused-ring (bicyclic) bond motifs is 1. The number of anilines is 2. The lowest BCUT2D eigenvalue weighted by molar-refractivity contribution is 0.0667. The summed E-state index contributed by atoms with van der Waals surface area (Å²) in [5.74, 6) is 1.95. The number of carbonyl (C=O) groups is 1. The van der Waals surface area contributed by atoms with Gasteiger partial charge in [-0.25, -0.2) is 4.52 Å². The molecule has 1 saturated carbocycles. The molecule has 0 saturated heterocycles. The number of rotatable bonds is 8. The van der Waals surface area contributed by atoms with E-state index in [1.807, 2.05) is 31.3 Å². The van der Waals surface area contributed by atoms with Gasteiger partial charge in [0.1, 0.15) is 22.8 Å². The van der Waals surface area contributed by atoms with Crippen LogP contribution in [0.25, 0.3) is 16.6 Å². The number of hydrogen-bond acceptors (Lipinski definition) is 8. The predicted octanol–water partition coefficient (Wildman–Crippen LogP) is 4.85. The van der Waals surface area contributed by atoms with Gasteiger partial charge in [-0.2, -0.15) is 5.10 Å². The maximum atomic E-state index is 12.7. The molecule has 4 aromatic rings. The minimum atomic E-state index is -0.233. The molecule has 0 bridgehead atoms. The number of carbonyl (C=O) groups excluding carboxylic acids is 1. The van der Waals surface area contributed by atoms with Crippen LogP contribution in [-0.4, -0.2) is 71.0 Å². The lowest BCUT2D eigenvalue weighted by Crippen LogP contribution is -2.26. The Morgan fingerprint density at radius 2 is 1.73 bits per heavy atom. The smallest absolute Gasteiger partial charge is 0.260 e. The van der Waals surface area contributed by atoms with Gasteiger partial charge in [0.05, 0.1) is 38.1 Å². The Kier molecular flexibility index (Phi) is 7.79. The molecule has 3 heterocycles. The molecule has 0 aliphatic heterocycles. The van der Waals surface area contributed by atoms with Gasteiger partial charge in [-0.3, -0.25) is 9.78 Å². The summed E-state index contributed by atoms with van der Waals surface area (Å²) < 4.78 is 19.2. The van der Waals surface area contributed by atoms with Gasteiger partial charge >= 0.3 is 0 Å². The zero-order chi connectivity index (χ0) is 28.4. The molecule has 1 aromatic carbocycles. The van der Waals surface area contributed by atoms with Crippen LogP contribution >= 0.6 is 0 Å². The largest absolute Gasteiger partial charge is 0.496 e. The van der Waals surface area contributed by atoms with Crippen molar-refractivity contribution in [2.75, 3.05) is 33.6 Å². The van der Waals surface area contributed by atoms with E-state index in [-0.39, 0.29) is 18.1 Å². The minimum absolute atomic E-state index is 0.0644. The molecule has 40 heavy (non-hydrogen) atoms. The number of nitrogens with zero attached hydrogens (tertiary/aromatic N) is 4. The van der Waals surface area contributed by atoms with E-state index in [1.165, 1.54) is 19.1 Å². The topological polar surface area (TPSA) is 110 Å². The summed E-state index contributed by atoms with van der Waals surface area (Å²) in [6.07, 6.45) is 6.68. The molecular formula is C30H35N5O5. The van der Waals surface area contributed by atoms with Crippen molar-refractivity contribution < 1.29 is 24.1 Å². The third kappa shape index (κ3) is 5.67. The molecule has 1 amide bonds. The van der Waals surface area contributed by atoms with Gasteiger partial charge < -0.3 is 29.5 Å². The first-order valence-electron chi connectivity index (χ1n) is 13.3. The highest BCUT2D eigenvalue weighted by Crippen LogP contribution is 2.36. The summed E-state index contributed by atoms with van der Waals surface area (Å²) in [7, 11) is 6.41. The first-order valence-corrected chi connectivity index (χ1v) is 13.3. The van der Waals surface area contributed by atoms with Gasteiger partial charge in [0, 0.05) is 55.4 Å². The van der Waals surface area contributed by atoms with Gasteiger partial charge in [0.25, 0.3) is 5.91 Å². The van der Waals surface area contributed by atoms with Gasteiger partial charge in [-0.1, -0.05) is 0 Å². The maximum absolute atomic E-state index is 12.7. The molecule has 210 valence electrons. The van der Waals surface area contributed by atoms with Crippen molar-refractivity contribution in [2.45, 2.75) is 44.8 Å². The van der Waals surface area contributed by atoms with Gasteiger partial charge in [0.2, 0.25) is 0 Å². The summed E-state index contributed by atoms with van der Waals surface area (Å²) in [5, 5.41) is 17.8. The normalized spacial score (nSPS) is 16.9. The van der Waals surface area contributed by atoms with E-state index in [2.05, 4.69) is 21.5 Å². The number of hydrogen-bond donors (Lipinski definition) is 2. The Morgan fingerprint density at radius 3 is 2.38 bits per heavy atom. The van der Waals surface area contributed by atoms with E-state index >= 15 is 0 Å². The molecule has 0 spiro atoms. The number of nitrogens with one attached hydrogen (secondary N) is 1. The Labute approximate surface area is 233 Å². The molecule has 1 aliphatic carbocycles. The molecule has 0 atom stereocenters. The first kappa shape index (κ1) is 27.3. The van der Waals surface area contributed by atoms with Crippen molar-refractivity contribution in [3.63, 3.8) is 0 Å². The average molecular weight is 546 g/mol. The summed E-state index contributed by atoms with van der Waals surface area (Å²) >= 11 is 0. The fraction of sp³-hybridized carbons (Fsp3) is 0.367. The van der Waals surface area contributed by atoms with Crippen LogP contribution < -0.4 is 19.5 Å². The average Bonchev–Trinajstić information content (AvgIpc) is 3.35. The van der Waals surface area contributed by atoms with Gasteiger partial charge in [0.15, 0.2) is 5.82 Å². The molecule has 10 heteroatoms. The van der Waals surface area contributed by atoms with E-state index in [0.717, 1.165) is 53.8 Å². The number of aliphatic hydroxyl groups excluding tert-OH is 1. The SMILES string of the molecule is COc1cc(Nc2cc3cc(-c4cc(C)ncc4OC4CCC(O)CC4)ccn3n2)cc(OC)c1C(=O)N(C)C. The Morgan fingerprint density at radius 1 is 1.02 bits per heavy atom. The molecule has 1 fully saturated rings. The van der Waals surface area contributed by atoms with Crippen LogP contribution in [0.2, 0.25) is 0 Å². The monoisotopic (exact) mass is 545 g/mol. The molecule has 2 N–H and O–H groups in total. The molecule has 3 aromatic heterocycles. The number of pyridine rings is 2. The summed E-state index contributed by atoms with van der Waals surface area (Å²) in [5.41, 5.74) is 4.77. The second kappa shape index (κ2) is 11.4. The highest BCUT2D eigenvalue weighted by Gasteiger charge is 2.23. The highest BCUT2D eigenvalue weighted by atomic mass is 16.5. The fourth-order valence-electron chi connectivity index (χ4n) is 5.00. The van der Waals surface area contributed by atoms with Crippen LogP contribution in [0.3, 0.4) is 0 Å². The Hall–Kier alpha value is -4.31. The van der Waals surface area contributed by atoms with E-state index in [9.17, 15) is 9.90 Å². The third-order valence-corrected chi connectivity index (χ3v) is 7.11. The van der Waals surface area contributed by atoms with Crippen LogP contribution in [0, 0.1) is 6.92 Å². The first-order chi connectivity index (χ1) is 19.2. The fourth-order valence-corrected chi connectivity index (χ4v) is 5.00. The van der Waals surface area contributed by atoms with Crippen molar-refractivity contribution in [1.29, 1.82) is 0 Å². The maximum Gasteiger partial charge on any atom is 0.260 e. The van der Waals surface area contributed by atoms with Gasteiger partial charge in [-0.15, -0.1) is 0 Å². The van der Waals surface area contributed by atoms with E-state index in [1.54, 1.807) is 36.9 Å². The number of aliphatic hydroxyl groups is 1. The molecule has 5 rings (SSSR count). The standard InChI is InChI=1S/C30H35N5O5/c1-18-12-24(27(17-31-18)40-23-8-6-22(36)7-9-23)19-10-11-35-21(13-19)16-28(33-35)32-20-14-25(38-4)29(26(15-20)39-5)30(37)34(2)3/h10-17,22-23,36H,6-9H2,1-5H3,(H,32,33). The molecule has 1 aliphatic rings. The van der Waals surface area contributed by atoms with E-state index in [0.29, 0.717) is 28.6 Å². The van der Waals surface area contributed by atoms with Crippen LogP contribution in [-0.2, 0) is 0 Å². The van der Waals surface area contributed by atoms with Crippen molar-refractivity contribution in [3.05, 3.63) is 60.0 Å². The van der Waals surface area contributed by atoms with E-state index in [4.69, 9.17) is 14.2 Å². The number of aromatic nitrogens is 3. The molecule has 10 nitrogen and oxygen atoms in total.